The van der Waals surface area contributed by atoms with Crippen molar-refractivity contribution in [2.45, 2.75) is 37.7 Å². The third kappa shape index (κ3) is 3.68. The Morgan fingerprint density at radius 2 is 2.14 bits per heavy atom. The number of hydrogen-bond donors (Lipinski definition) is 2. The first kappa shape index (κ1) is 16.1. The van der Waals surface area contributed by atoms with Gasteiger partial charge < -0.3 is 20.3 Å². The van der Waals surface area contributed by atoms with E-state index in [4.69, 9.17) is 15.2 Å². The van der Waals surface area contributed by atoms with E-state index in [2.05, 4.69) is 15.9 Å². The lowest BCUT2D eigenvalue weighted by atomic mass is 9.99. The summed E-state index contributed by atoms with van der Waals surface area (Å²) in [5, 5.41) is 9.21. The fraction of sp³-hybridized carbons (Fsp3) is 0.533. The predicted molar refractivity (Wildman–Crippen MR) is 83.0 cm³/mol. The number of nitrogens with two attached hydrogens (primary N) is 1. The van der Waals surface area contributed by atoms with Crippen LogP contribution in [0.15, 0.2) is 16.6 Å². The first-order valence-corrected chi connectivity index (χ1v) is 7.83. The summed E-state index contributed by atoms with van der Waals surface area (Å²) in [4.78, 5) is 11.2. The average molecular weight is 358 g/mol. The molecule has 0 spiro atoms. The predicted octanol–water partition coefficient (Wildman–Crippen LogP) is 2.91. The molecule has 116 valence electrons. The summed E-state index contributed by atoms with van der Waals surface area (Å²) in [5.74, 6) is -0.535. The zero-order valence-corrected chi connectivity index (χ0v) is 13.6. The van der Waals surface area contributed by atoms with E-state index in [1.807, 2.05) is 0 Å². The molecule has 1 aliphatic rings. The lowest BCUT2D eigenvalue weighted by Gasteiger charge is -2.19. The van der Waals surface area contributed by atoms with Crippen molar-refractivity contribution >= 4 is 21.9 Å². The van der Waals surface area contributed by atoms with Crippen LogP contribution in [0.5, 0.6) is 11.5 Å². The van der Waals surface area contributed by atoms with Gasteiger partial charge in [0.05, 0.1) is 23.6 Å². The molecule has 1 aliphatic carbocycles. The maximum absolute atomic E-state index is 11.2. The average Bonchev–Trinajstić information content (AvgIpc) is 2.94. The number of benzene rings is 1. The zero-order valence-electron chi connectivity index (χ0n) is 12.0. The molecule has 0 radical (unpaired) electrons. The maximum atomic E-state index is 11.2. The number of aliphatic carboxylic acids is 1. The highest BCUT2D eigenvalue weighted by Gasteiger charge is 2.24. The van der Waals surface area contributed by atoms with E-state index < -0.39 is 11.9 Å². The van der Waals surface area contributed by atoms with Crippen molar-refractivity contribution in [3.8, 4) is 11.5 Å². The molecule has 1 atom stereocenters. The summed E-state index contributed by atoms with van der Waals surface area (Å²) in [7, 11) is 1.55. The monoisotopic (exact) mass is 357 g/mol. The van der Waals surface area contributed by atoms with Crippen molar-refractivity contribution in [2.24, 2.45) is 5.73 Å². The number of methoxy groups -OCH3 is 1. The first-order valence-electron chi connectivity index (χ1n) is 7.03. The number of halogens is 1. The second-order valence-corrected chi connectivity index (χ2v) is 6.04. The molecule has 5 nitrogen and oxygen atoms in total. The summed E-state index contributed by atoms with van der Waals surface area (Å²) in [6, 6.07) is 3.44. The molecule has 1 aromatic carbocycles. The number of rotatable bonds is 6. The molecule has 2 rings (SSSR count). The van der Waals surface area contributed by atoms with Gasteiger partial charge >= 0.3 is 5.97 Å². The molecule has 0 aliphatic heterocycles. The fourth-order valence-electron chi connectivity index (χ4n) is 2.61. The topological polar surface area (TPSA) is 81.8 Å². The number of carboxylic acids is 1. The SMILES string of the molecule is COc1cc(C(CN)C(=O)O)cc(Br)c1OC1CCCC1. The van der Waals surface area contributed by atoms with E-state index in [1.54, 1.807) is 19.2 Å². The van der Waals surface area contributed by atoms with E-state index in [9.17, 15) is 9.90 Å². The van der Waals surface area contributed by atoms with Gasteiger partial charge in [0.2, 0.25) is 0 Å². The van der Waals surface area contributed by atoms with Crippen molar-refractivity contribution in [3.63, 3.8) is 0 Å². The zero-order chi connectivity index (χ0) is 15.4. The Kier molecular flexibility index (Phi) is 5.47. The lowest BCUT2D eigenvalue weighted by molar-refractivity contribution is -0.138. The van der Waals surface area contributed by atoms with Gasteiger partial charge in [-0.25, -0.2) is 0 Å². The summed E-state index contributed by atoms with van der Waals surface area (Å²) in [6.45, 7) is 0.0355. The number of ether oxygens (including phenoxy) is 2. The smallest absolute Gasteiger partial charge is 0.312 e. The summed E-state index contributed by atoms with van der Waals surface area (Å²) >= 11 is 3.45. The molecule has 0 bridgehead atoms. The van der Waals surface area contributed by atoms with Crippen molar-refractivity contribution in [1.82, 2.24) is 0 Å². The van der Waals surface area contributed by atoms with Gasteiger partial charge in [0, 0.05) is 6.54 Å². The van der Waals surface area contributed by atoms with Crippen LogP contribution in [0.2, 0.25) is 0 Å². The van der Waals surface area contributed by atoms with Gasteiger partial charge in [-0.2, -0.15) is 0 Å². The minimum atomic E-state index is -0.948. The van der Waals surface area contributed by atoms with Crippen LogP contribution in [0.25, 0.3) is 0 Å². The second kappa shape index (κ2) is 7.13. The van der Waals surface area contributed by atoms with Crippen LogP contribution < -0.4 is 15.2 Å². The first-order chi connectivity index (χ1) is 10.1. The van der Waals surface area contributed by atoms with Gasteiger partial charge in [0.25, 0.3) is 0 Å². The number of carboxylic acid groups (broad SMARTS) is 1. The van der Waals surface area contributed by atoms with Gasteiger partial charge in [-0.3, -0.25) is 4.79 Å². The van der Waals surface area contributed by atoms with Crippen LogP contribution in [-0.2, 0) is 4.79 Å². The second-order valence-electron chi connectivity index (χ2n) is 5.18. The van der Waals surface area contributed by atoms with Crippen LogP contribution in [-0.4, -0.2) is 30.8 Å². The molecular formula is C15H20BrNO4. The van der Waals surface area contributed by atoms with E-state index in [1.165, 1.54) is 12.8 Å². The molecule has 3 N–H and O–H groups in total. The Hall–Kier alpha value is -1.27. The van der Waals surface area contributed by atoms with Crippen LogP contribution in [0.1, 0.15) is 37.2 Å². The van der Waals surface area contributed by atoms with Crippen molar-refractivity contribution in [1.29, 1.82) is 0 Å². The highest BCUT2D eigenvalue weighted by molar-refractivity contribution is 9.10. The fourth-order valence-corrected chi connectivity index (χ4v) is 3.16. The molecule has 0 saturated heterocycles. The van der Waals surface area contributed by atoms with E-state index >= 15 is 0 Å². The van der Waals surface area contributed by atoms with Gasteiger partial charge in [0.1, 0.15) is 0 Å². The third-order valence-corrected chi connectivity index (χ3v) is 4.36. The Labute approximate surface area is 132 Å². The normalized spacial score (nSPS) is 16.7. The summed E-state index contributed by atoms with van der Waals surface area (Å²) in [6.07, 6.45) is 4.63. The quantitative estimate of drug-likeness (QED) is 0.817. The van der Waals surface area contributed by atoms with Gasteiger partial charge in [-0.15, -0.1) is 0 Å². The number of hydrogen-bond acceptors (Lipinski definition) is 4. The Balaban J connectivity index is 2.32. The number of carbonyl (C=O) groups is 1. The molecule has 0 aromatic heterocycles. The third-order valence-electron chi connectivity index (χ3n) is 3.77. The molecule has 1 fully saturated rings. The highest BCUT2D eigenvalue weighted by atomic mass is 79.9. The molecule has 1 aromatic rings. The van der Waals surface area contributed by atoms with Crippen molar-refractivity contribution in [3.05, 3.63) is 22.2 Å². The van der Waals surface area contributed by atoms with Crippen LogP contribution in [0, 0.1) is 0 Å². The molecule has 1 unspecified atom stereocenters. The largest absolute Gasteiger partial charge is 0.493 e. The van der Waals surface area contributed by atoms with Gasteiger partial charge in [-0.05, 0) is 59.3 Å². The molecule has 0 heterocycles. The van der Waals surface area contributed by atoms with E-state index in [0.29, 0.717) is 21.5 Å². The summed E-state index contributed by atoms with van der Waals surface area (Å²) < 4.78 is 12.1. The van der Waals surface area contributed by atoms with Crippen molar-refractivity contribution < 1.29 is 19.4 Å². The van der Waals surface area contributed by atoms with Gasteiger partial charge in [0.15, 0.2) is 11.5 Å². The highest BCUT2D eigenvalue weighted by Crippen LogP contribution is 2.40. The summed E-state index contributed by atoms with van der Waals surface area (Å²) in [5.41, 5.74) is 6.15. The minimum absolute atomic E-state index is 0.0355. The maximum Gasteiger partial charge on any atom is 0.312 e. The standard InChI is InChI=1S/C15H20BrNO4/c1-20-13-7-9(11(8-17)15(18)19)6-12(16)14(13)21-10-4-2-3-5-10/h6-7,10-11H,2-5,8,17H2,1H3,(H,18,19). The van der Waals surface area contributed by atoms with Crippen LogP contribution in [0.4, 0.5) is 0 Å². The lowest BCUT2D eigenvalue weighted by Crippen LogP contribution is -2.21. The molecule has 0 amide bonds. The minimum Gasteiger partial charge on any atom is -0.493 e. The van der Waals surface area contributed by atoms with E-state index in [-0.39, 0.29) is 12.6 Å². The Bertz CT molecular complexity index is 515. The van der Waals surface area contributed by atoms with Gasteiger partial charge in [-0.1, -0.05) is 0 Å². The van der Waals surface area contributed by atoms with Crippen molar-refractivity contribution in [2.75, 3.05) is 13.7 Å². The molecular weight excluding hydrogens is 338 g/mol. The molecule has 21 heavy (non-hydrogen) atoms. The molecule has 1 saturated carbocycles. The molecule has 6 heteroatoms. The Morgan fingerprint density at radius 1 is 1.48 bits per heavy atom. The van der Waals surface area contributed by atoms with Crippen LogP contribution in [0.3, 0.4) is 0 Å². The van der Waals surface area contributed by atoms with Crippen LogP contribution >= 0.6 is 15.9 Å². The van der Waals surface area contributed by atoms with E-state index in [0.717, 1.165) is 12.8 Å². The Morgan fingerprint density at radius 3 is 2.67 bits per heavy atom.